The average molecular weight is 293 g/mol. The van der Waals surface area contributed by atoms with Crippen LogP contribution in [0.5, 0.6) is 5.75 Å². The summed E-state index contributed by atoms with van der Waals surface area (Å²) in [6.45, 7) is 2.93. The Bertz CT molecular complexity index is 468. The van der Waals surface area contributed by atoms with Crippen LogP contribution in [-0.2, 0) is 11.3 Å². The van der Waals surface area contributed by atoms with Gasteiger partial charge in [-0.1, -0.05) is 25.2 Å². The van der Waals surface area contributed by atoms with Crippen molar-refractivity contribution in [3.05, 3.63) is 29.3 Å². The molecular weight excluding hydrogens is 270 g/mol. The molecule has 3 nitrogen and oxygen atoms in total. The van der Waals surface area contributed by atoms with Crippen LogP contribution in [0.1, 0.15) is 43.7 Å². The highest BCUT2D eigenvalue weighted by molar-refractivity contribution is 7.80. The van der Waals surface area contributed by atoms with Crippen molar-refractivity contribution < 1.29 is 9.47 Å². The first-order valence-corrected chi connectivity index (χ1v) is 7.59. The monoisotopic (exact) mass is 293 g/mol. The van der Waals surface area contributed by atoms with Crippen molar-refractivity contribution in [1.82, 2.24) is 0 Å². The van der Waals surface area contributed by atoms with E-state index in [1.807, 2.05) is 18.2 Å². The van der Waals surface area contributed by atoms with Gasteiger partial charge < -0.3 is 15.2 Å². The first kappa shape index (κ1) is 15.3. The van der Waals surface area contributed by atoms with Crippen LogP contribution >= 0.6 is 12.2 Å². The zero-order valence-corrected chi connectivity index (χ0v) is 13.0. The van der Waals surface area contributed by atoms with Gasteiger partial charge in [-0.05, 0) is 49.3 Å². The van der Waals surface area contributed by atoms with Crippen LogP contribution < -0.4 is 10.5 Å². The molecule has 2 rings (SSSR count). The molecule has 110 valence electrons. The molecular formula is C16H23NO2S. The van der Waals surface area contributed by atoms with Gasteiger partial charge in [0.25, 0.3) is 0 Å². The van der Waals surface area contributed by atoms with E-state index in [-0.39, 0.29) is 0 Å². The summed E-state index contributed by atoms with van der Waals surface area (Å²) in [6, 6.07) is 5.87. The van der Waals surface area contributed by atoms with E-state index in [1.165, 1.54) is 25.7 Å². The van der Waals surface area contributed by atoms with Crippen LogP contribution in [0.25, 0.3) is 0 Å². The molecule has 0 radical (unpaired) electrons. The fourth-order valence-corrected chi connectivity index (χ4v) is 2.81. The third-order valence-electron chi connectivity index (χ3n) is 3.98. The molecule has 1 aliphatic rings. The summed E-state index contributed by atoms with van der Waals surface area (Å²) in [5, 5.41) is 0. The second-order valence-corrected chi connectivity index (χ2v) is 6.03. The van der Waals surface area contributed by atoms with Gasteiger partial charge in [0.2, 0.25) is 0 Å². The predicted molar refractivity (Wildman–Crippen MR) is 85.1 cm³/mol. The Labute approximate surface area is 126 Å². The molecule has 1 aliphatic carbocycles. The van der Waals surface area contributed by atoms with Gasteiger partial charge in [-0.25, -0.2) is 0 Å². The van der Waals surface area contributed by atoms with E-state index in [0.29, 0.717) is 17.7 Å². The maximum absolute atomic E-state index is 6.00. The zero-order chi connectivity index (χ0) is 14.5. The number of ether oxygens (including phenoxy) is 2. The highest BCUT2D eigenvalue weighted by atomic mass is 32.1. The number of nitrogens with two attached hydrogens (primary N) is 1. The molecule has 2 N–H and O–H groups in total. The first-order chi connectivity index (χ1) is 9.60. The van der Waals surface area contributed by atoms with Crippen LogP contribution in [0.4, 0.5) is 0 Å². The van der Waals surface area contributed by atoms with Crippen molar-refractivity contribution in [3.8, 4) is 5.75 Å². The first-order valence-electron chi connectivity index (χ1n) is 7.18. The molecule has 0 atom stereocenters. The number of methoxy groups -OCH3 is 1. The minimum Gasteiger partial charge on any atom is -0.496 e. The molecule has 0 spiro atoms. The summed E-state index contributed by atoms with van der Waals surface area (Å²) in [5.74, 6) is 1.57. The van der Waals surface area contributed by atoms with Crippen molar-refractivity contribution in [2.75, 3.05) is 7.11 Å². The van der Waals surface area contributed by atoms with Crippen molar-refractivity contribution in [1.29, 1.82) is 0 Å². The van der Waals surface area contributed by atoms with Gasteiger partial charge in [0.15, 0.2) is 0 Å². The second kappa shape index (κ2) is 7.04. The molecule has 0 unspecified atom stereocenters. The standard InChI is InChI=1S/C16H23NO2S/c1-11-3-6-13(7-4-11)19-10-12-5-8-14(16(17)20)15(9-12)18-2/h5,8-9,11,13H,3-4,6-7,10H2,1-2H3,(H2,17,20). The van der Waals surface area contributed by atoms with E-state index in [1.54, 1.807) is 7.11 Å². The molecule has 0 amide bonds. The molecule has 1 aromatic rings. The summed E-state index contributed by atoms with van der Waals surface area (Å²) >= 11 is 5.00. The van der Waals surface area contributed by atoms with Gasteiger partial charge in [0.1, 0.15) is 10.7 Å². The molecule has 20 heavy (non-hydrogen) atoms. The predicted octanol–water partition coefficient (Wildman–Crippen LogP) is 3.42. The maximum atomic E-state index is 6.00. The lowest BCUT2D eigenvalue weighted by molar-refractivity contribution is 0.00871. The number of hydrogen-bond acceptors (Lipinski definition) is 3. The Hall–Kier alpha value is -1.13. The fourth-order valence-electron chi connectivity index (χ4n) is 2.64. The third kappa shape index (κ3) is 3.93. The van der Waals surface area contributed by atoms with E-state index in [4.69, 9.17) is 27.4 Å². The largest absolute Gasteiger partial charge is 0.496 e. The summed E-state index contributed by atoms with van der Waals surface area (Å²) in [7, 11) is 1.63. The number of hydrogen-bond donors (Lipinski definition) is 1. The van der Waals surface area contributed by atoms with Crippen LogP contribution in [0, 0.1) is 5.92 Å². The highest BCUT2D eigenvalue weighted by Gasteiger charge is 2.18. The molecule has 0 aliphatic heterocycles. The second-order valence-electron chi connectivity index (χ2n) is 5.59. The van der Waals surface area contributed by atoms with Gasteiger partial charge in [0.05, 0.1) is 25.4 Å². The van der Waals surface area contributed by atoms with Crippen LogP contribution in [0.15, 0.2) is 18.2 Å². The Morgan fingerprint density at radius 1 is 1.30 bits per heavy atom. The minimum atomic E-state index is 0.357. The lowest BCUT2D eigenvalue weighted by atomic mass is 9.89. The van der Waals surface area contributed by atoms with Gasteiger partial charge in [-0.3, -0.25) is 0 Å². The van der Waals surface area contributed by atoms with Gasteiger partial charge >= 0.3 is 0 Å². The molecule has 0 bridgehead atoms. The van der Waals surface area contributed by atoms with Gasteiger partial charge in [-0.15, -0.1) is 0 Å². The maximum Gasteiger partial charge on any atom is 0.129 e. The van der Waals surface area contributed by atoms with Gasteiger partial charge in [-0.2, -0.15) is 0 Å². The van der Waals surface area contributed by atoms with Crippen molar-refractivity contribution in [3.63, 3.8) is 0 Å². The quantitative estimate of drug-likeness (QED) is 0.845. The number of rotatable bonds is 5. The molecule has 4 heteroatoms. The average Bonchev–Trinajstić information content (AvgIpc) is 2.46. The lowest BCUT2D eigenvalue weighted by Crippen LogP contribution is -2.20. The third-order valence-corrected chi connectivity index (χ3v) is 4.20. The van der Waals surface area contributed by atoms with Crippen molar-refractivity contribution in [2.24, 2.45) is 11.7 Å². The summed E-state index contributed by atoms with van der Waals surface area (Å²) in [6.07, 6.45) is 5.28. The van der Waals surface area contributed by atoms with Crippen LogP contribution in [0.2, 0.25) is 0 Å². The summed E-state index contributed by atoms with van der Waals surface area (Å²) < 4.78 is 11.3. The Balaban J connectivity index is 1.94. The van der Waals surface area contributed by atoms with Gasteiger partial charge in [0, 0.05) is 0 Å². The number of thiocarbonyl (C=S) groups is 1. The highest BCUT2D eigenvalue weighted by Crippen LogP contribution is 2.27. The van der Waals surface area contributed by atoms with E-state index in [2.05, 4.69) is 6.92 Å². The Morgan fingerprint density at radius 3 is 2.60 bits per heavy atom. The van der Waals surface area contributed by atoms with E-state index < -0.39 is 0 Å². The van der Waals surface area contributed by atoms with E-state index >= 15 is 0 Å². The molecule has 0 aromatic heterocycles. The summed E-state index contributed by atoms with van der Waals surface area (Å²) in [4.78, 5) is 0.357. The molecule has 0 heterocycles. The molecule has 0 saturated heterocycles. The Morgan fingerprint density at radius 2 is 2.00 bits per heavy atom. The molecule has 1 fully saturated rings. The molecule has 1 aromatic carbocycles. The lowest BCUT2D eigenvalue weighted by Gasteiger charge is -2.26. The van der Waals surface area contributed by atoms with E-state index in [9.17, 15) is 0 Å². The SMILES string of the molecule is COc1cc(COC2CCC(C)CC2)ccc1C(N)=S. The normalized spacial score (nSPS) is 22.5. The topological polar surface area (TPSA) is 44.5 Å². The Kier molecular flexibility index (Phi) is 5.38. The smallest absolute Gasteiger partial charge is 0.129 e. The van der Waals surface area contributed by atoms with Crippen LogP contribution in [0.3, 0.4) is 0 Å². The van der Waals surface area contributed by atoms with Crippen molar-refractivity contribution in [2.45, 2.75) is 45.3 Å². The zero-order valence-electron chi connectivity index (χ0n) is 12.2. The number of benzene rings is 1. The van der Waals surface area contributed by atoms with Crippen LogP contribution in [-0.4, -0.2) is 18.2 Å². The van der Waals surface area contributed by atoms with E-state index in [0.717, 1.165) is 22.8 Å². The summed E-state index contributed by atoms with van der Waals surface area (Å²) in [5.41, 5.74) is 7.54. The van der Waals surface area contributed by atoms with Crippen molar-refractivity contribution >= 4 is 17.2 Å². The molecule has 1 saturated carbocycles. The minimum absolute atomic E-state index is 0.357. The fraction of sp³-hybridized carbons (Fsp3) is 0.562.